The van der Waals surface area contributed by atoms with E-state index in [1.54, 1.807) is 12.4 Å². The van der Waals surface area contributed by atoms with Crippen LogP contribution < -0.4 is 5.32 Å². The van der Waals surface area contributed by atoms with Crippen molar-refractivity contribution in [3.8, 4) is 6.07 Å². The summed E-state index contributed by atoms with van der Waals surface area (Å²) in [7, 11) is 2.19. The Morgan fingerprint density at radius 3 is 2.83 bits per heavy atom. The maximum atomic E-state index is 9.13. The monoisotopic (exact) mass is 307 g/mol. The van der Waals surface area contributed by atoms with Crippen molar-refractivity contribution < 1.29 is 0 Å². The second-order valence-corrected chi connectivity index (χ2v) is 5.98. The van der Waals surface area contributed by atoms with E-state index in [1.807, 2.05) is 0 Å². The second kappa shape index (κ2) is 7.21. The van der Waals surface area contributed by atoms with E-state index in [0.29, 0.717) is 23.5 Å². The van der Waals surface area contributed by atoms with Gasteiger partial charge in [-0.1, -0.05) is 30.3 Å². The Hall–Kier alpha value is -2.45. The average molecular weight is 307 g/mol. The summed E-state index contributed by atoms with van der Waals surface area (Å²) in [5, 5.41) is 12.5. The fourth-order valence-electron chi connectivity index (χ4n) is 3.43. The topological polar surface area (TPSA) is 64.8 Å². The second-order valence-electron chi connectivity index (χ2n) is 5.98. The molecule has 0 radical (unpaired) electrons. The van der Waals surface area contributed by atoms with E-state index < -0.39 is 0 Å². The van der Waals surface area contributed by atoms with Gasteiger partial charge in [0.05, 0.1) is 0 Å². The Labute approximate surface area is 137 Å². The van der Waals surface area contributed by atoms with Gasteiger partial charge >= 0.3 is 0 Å². The lowest BCUT2D eigenvalue weighted by molar-refractivity contribution is 0.128. The molecule has 1 fully saturated rings. The van der Waals surface area contributed by atoms with Crippen LogP contribution in [-0.4, -0.2) is 35.0 Å². The molecule has 1 N–H and O–H groups in total. The van der Waals surface area contributed by atoms with E-state index in [4.69, 9.17) is 5.26 Å². The zero-order valence-corrected chi connectivity index (χ0v) is 13.3. The first-order chi connectivity index (χ1) is 11.3. The number of rotatable bonds is 4. The molecular weight excluding hydrogens is 286 g/mol. The standard InChI is InChI=1S/C18H21N5/c1-23-11-5-8-15(17(23)14-6-3-2-4-7-14)13-22-18-16(12-19)20-9-10-21-18/h2-4,6-7,9-10,15,17H,5,8,11,13H2,1H3,(H,21,22)/t15-,17-/m0/s1. The molecule has 0 amide bonds. The lowest BCUT2D eigenvalue weighted by Gasteiger charge is -2.39. The van der Waals surface area contributed by atoms with E-state index in [-0.39, 0.29) is 0 Å². The zero-order valence-electron chi connectivity index (χ0n) is 13.3. The highest BCUT2D eigenvalue weighted by atomic mass is 15.1. The van der Waals surface area contributed by atoms with Crippen LogP contribution in [0.2, 0.25) is 0 Å². The first-order valence-electron chi connectivity index (χ1n) is 7.99. The van der Waals surface area contributed by atoms with Gasteiger partial charge in [-0.25, -0.2) is 9.97 Å². The Bertz CT molecular complexity index is 679. The fourth-order valence-corrected chi connectivity index (χ4v) is 3.43. The van der Waals surface area contributed by atoms with Gasteiger partial charge in [-0.3, -0.25) is 4.90 Å². The molecule has 1 aromatic carbocycles. The zero-order chi connectivity index (χ0) is 16.1. The molecule has 2 atom stereocenters. The smallest absolute Gasteiger partial charge is 0.182 e. The third-order valence-electron chi connectivity index (χ3n) is 4.48. The Morgan fingerprint density at radius 1 is 1.26 bits per heavy atom. The molecule has 1 aliphatic heterocycles. The van der Waals surface area contributed by atoms with Gasteiger partial charge in [-0.15, -0.1) is 0 Å². The van der Waals surface area contributed by atoms with Gasteiger partial charge in [0, 0.05) is 25.0 Å². The molecule has 5 nitrogen and oxygen atoms in total. The number of aromatic nitrogens is 2. The summed E-state index contributed by atoms with van der Waals surface area (Å²) in [6.07, 6.45) is 5.52. The largest absolute Gasteiger partial charge is 0.367 e. The maximum Gasteiger partial charge on any atom is 0.182 e. The van der Waals surface area contributed by atoms with Gasteiger partial charge in [-0.2, -0.15) is 5.26 Å². The molecule has 1 aliphatic rings. The van der Waals surface area contributed by atoms with Crippen LogP contribution >= 0.6 is 0 Å². The number of hydrogen-bond acceptors (Lipinski definition) is 5. The van der Waals surface area contributed by atoms with Gasteiger partial charge < -0.3 is 5.32 Å². The SMILES string of the molecule is CN1CCC[C@@H](CNc2nccnc2C#N)[C@@H]1c1ccccc1. The third kappa shape index (κ3) is 3.49. The molecule has 0 spiro atoms. The van der Waals surface area contributed by atoms with Gasteiger partial charge in [0.1, 0.15) is 6.07 Å². The van der Waals surface area contributed by atoms with Crippen LogP contribution in [0, 0.1) is 17.2 Å². The summed E-state index contributed by atoms with van der Waals surface area (Å²) < 4.78 is 0. The first-order valence-corrected chi connectivity index (χ1v) is 7.99. The molecule has 3 rings (SSSR count). The van der Waals surface area contributed by atoms with Crippen LogP contribution in [0.5, 0.6) is 0 Å². The van der Waals surface area contributed by atoms with Gasteiger partial charge in [0.15, 0.2) is 11.5 Å². The van der Waals surface area contributed by atoms with E-state index in [0.717, 1.165) is 13.1 Å². The summed E-state index contributed by atoms with van der Waals surface area (Å²) in [6, 6.07) is 13.1. The fraction of sp³-hybridized carbons (Fsp3) is 0.389. The number of piperidine rings is 1. The highest BCUT2D eigenvalue weighted by Crippen LogP contribution is 2.35. The minimum absolute atomic E-state index is 0.355. The van der Waals surface area contributed by atoms with E-state index in [9.17, 15) is 0 Å². The normalized spacial score (nSPS) is 21.6. The van der Waals surface area contributed by atoms with E-state index >= 15 is 0 Å². The molecule has 0 unspecified atom stereocenters. The summed E-state index contributed by atoms with van der Waals surface area (Å²) in [6.45, 7) is 1.90. The summed E-state index contributed by atoms with van der Waals surface area (Å²) >= 11 is 0. The van der Waals surface area contributed by atoms with Crippen molar-refractivity contribution >= 4 is 5.82 Å². The number of likely N-dealkylation sites (tertiary alicyclic amines) is 1. The molecule has 118 valence electrons. The summed E-state index contributed by atoms with van der Waals surface area (Å²) in [5.41, 5.74) is 1.70. The average Bonchev–Trinajstić information content (AvgIpc) is 2.61. The van der Waals surface area contributed by atoms with Crippen LogP contribution in [0.25, 0.3) is 0 Å². The Balaban J connectivity index is 1.76. The van der Waals surface area contributed by atoms with E-state index in [2.05, 4.69) is 63.6 Å². The van der Waals surface area contributed by atoms with Gasteiger partial charge in [0.2, 0.25) is 0 Å². The van der Waals surface area contributed by atoms with Crippen LogP contribution in [0.4, 0.5) is 5.82 Å². The molecule has 23 heavy (non-hydrogen) atoms. The van der Waals surface area contributed by atoms with Crippen molar-refractivity contribution in [2.24, 2.45) is 5.92 Å². The number of benzene rings is 1. The third-order valence-corrected chi connectivity index (χ3v) is 4.48. The number of nitriles is 1. The molecule has 1 saturated heterocycles. The summed E-state index contributed by atoms with van der Waals surface area (Å²) in [4.78, 5) is 10.7. The van der Waals surface area contributed by atoms with Crippen LogP contribution in [-0.2, 0) is 0 Å². The van der Waals surface area contributed by atoms with Crippen LogP contribution in [0.15, 0.2) is 42.7 Å². The number of anilines is 1. The molecule has 0 aliphatic carbocycles. The highest BCUT2D eigenvalue weighted by molar-refractivity contribution is 5.46. The van der Waals surface area contributed by atoms with Crippen LogP contribution in [0.1, 0.15) is 30.1 Å². The number of nitrogens with zero attached hydrogens (tertiary/aromatic N) is 4. The molecule has 1 aromatic heterocycles. The van der Waals surface area contributed by atoms with Crippen molar-refractivity contribution in [3.05, 3.63) is 54.0 Å². The molecule has 0 bridgehead atoms. The summed E-state index contributed by atoms with van der Waals surface area (Å²) in [5.74, 6) is 1.06. The predicted octanol–water partition coefficient (Wildman–Crippen LogP) is 2.84. The van der Waals surface area contributed by atoms with Crippen molar-refractivity contribution in [2.75, 3.05) is 25.5 Å². The van der Waals surface area contributed by atoms with Crippen molar-refractivity contribution in [3.63, 3.8) is 0 Å². The van der Waals surface area contributed by atoms with Crippen molar-refractivity contribution in [1.82, 2.24) is 14.9 Å². The highest BCUT2D eigenvalue weighted by Gasteiger charge is 2.30. The van der Waals surface area contributed by atoms with Crippen LogP contribution in [0.3, 0.4) is 0 Å². The molecule has 2 aromatic rings. The van der Waals surface area contributed by atoms with Crippen molar-refractivity contribution in [1.29, 1.82) is 5.26 Å². The predicted molar refractivity (Wildman–Crippen MR) is 89.8 cm³/mol. The number of hydrogen-bond donors (Lipinski definition) is 1. The Morgan fingerprint density at radius 2 is 2.04 bits per heavy atom. The quantitative estimate of drug-likeness (QED) is 0.941. The Kier molecular flexibility index (Phi) is 4.84. The van der Waals surface area contributed by atoms with Crippen molar-refractivity contribution in [2.45, 2.75) is 18.9 Å². The lowest BCUT2D eigenvalue weighted by Crippen LogP contribution is -2.39. The number of nitrogens with one attached hydrogen (secondary N) is 1. The maximum absolute atomic E-state index is 9.13. The molecule has 2 heterocycles. The lowest BCUT2D eigenvalue weighted by atomic mass is 9.85. The van der Waals surface area contributed by atoms with Gasteiger partial charge in [0.25, 0.3) is 0 Å². The molecular formula is C18H21N5. The minimum Gasteiger partial charge on any atom is -0.367 e. The van der Waals surface area contributed by atoms with Gasteiger partial charge in [-0.05, 0) is 37.9 Å². The minimum atomic E-state index is 0.355. The molecule has 0 saturated carbocycles. The molecule has 5 heteroatoms. The van der Waals surface area contributed by atoms with E-state index in [1.165, 1.54) is 18.4 Å². The first kappa shape index (κ1) is 15.4.